The molecule has 2 aromatic carbocycles. The predicted molar refractivity (Wildman–Crippen MR) is 107 cm³/mol. The van der Waals surface area contributed by atoms with E-state index < -0.39 is 0 Å². The van der Waals surface area contributed by atoms with Gasteiger partial charge in [0.2, 0.25) is 4.77 Å². The molecule has 0 aliphatic rings. The Balaban J connectivity index is 1.92. The molecule has 0 bridgehead atoms. The third-order valence-electron chi connectivity index (χ3n) is 4.21. The predicted octanol–water partition coefficient (Wildman–Crippen LogP) is 4.18. The molecule has 0 radical (unpaired) electrons. The molecule has 0 amide bonds. The summed E-state index contributed by atoms with van der Waals surface area (Å²) in [5.41, 5.74) is 2.17. The van der Waals surface area contributed by atoms with Gasteiger partial charge in [0, 0.05) is 36.0 Å². The van der Waals surface area contributed by atoms with Gasteiger partial charge in [-0.25, -0.2) is 9.49 Å². The summed E-state index contributed by atoms with van der Waals surface area (Å²) in [5, 5.41) is 21.5. The van der Waals surface area contributed by atoms with Crippen LogP contribution in [0.4, 0.5) is 10.1 Å². The topological polar surface area (TPSA) is 69.4 Å². The van der Waals surface area contributed by atoms with Crippen LogP contribution in [0.1, 0.15) is 19.4 Å². The molecule has 27 heavy (non-hydrogen) atoms. The average molecular weight is 385 g/mol. The van der Waals surface area contributed by atoms with E-state index in [-0.39, 0.29) is 11.6 Å². The molecule has 0 saturated carbocycles. The lowest BCUT2D eigenvalue weighted by Crippen LogP contribution is -2.21. The molecular formula is C19H20FN5OS. The summed E-state index contributed by atoms with van der Waals surface area (Å²) < 4.78 is 14.9. The number of benzene rings is 2. The molecule has 0 saturated heterocycles. The molecule has 1 aromatic heterocycles. The van der Waals surface area contributed by atoms with E-state index in [9.17, 15) is 9.50 Å². The first-order valence-electron chi connectivity index (χ1n) is 8.59. The second-order valence-electron chi connectivity index (χ2n) is 5.83. The van der Waals surface area contributed by atoms with Crippen LogP contribution in [0.15, 0.2) is 47.6 Å². The summed E-state index contributed by atoms with van der Waals surface area (Å²) in [4.78, 5) is 2.14. The molecule has 3 aromatic rings. The van der Waals surface area contributed by atoms with Gasteiger partial charge in [-0.3, -0.25) is 0 Å². The molecule has 0 atom stereocenters. The lowest BCUT2D eigenvalue weighted by molar-refractivity contribution is 0.474. The Morgan fingerprint density at radius 3 is 2.56 bits per heavy atom. The highest BCUT2D eigenvalue weighted by atomic mass is 32.1. The highest BCUT2D eigenvalue weighted by molar-refractivity contribution is 7.71. The van der Waals surface area contributed by atoms with E-state index in [2.05, 4.69) is 34.0 Å². The molecule has 3 rings (SSSR count). The van der Waals surface area contributed by atoms with Gasteiger partial charge >= 0.3 is 0 Å². The van der Waals surface area contributed by atoms with Crippen LogP contribution in [0.25, 0.3) is 11.4 Å². The Morgan fingerprint density at radius 1 is 1.22 bits per heavy atom. The Kier molecular flexibility index (Phi) is 5.66. The fourth-order valence-electron chi connectivity index (χ4n) is 2.73. The smallest absolute Gasteiger partial charge is 0.216 e. The number of hydrogen-bond donors (Lipinski definition) is 2. The Bertz CT molecular complexity index is 1010. The molecule has 0 fully saturated rings. The van der Waals surface area contributed by atoms with E-state index in [1.54, 1.807) is 24.3 Å². The van der Waals surface area contributed by atoms with Crippen LogP contribution < -0.4 is 4.90 Å². The zero-order valence-electron chi connectivity index (χ0n) is 15.1. The standard InChI is InChI=1S/C19H20FN5OS/c1-3-24(4-2)16-10-7-14(17(26)11-16)12-21-25-18(22-23-19(25)27)13-5-8-15(20)9-6-13/h5-12,26H,3-4H2,1-2H3,(H,23,27)/b21-12+. The van der Waals surface area contributed by atoms with E-state index >= 15 is 0 Å². The molecular weight excluding hydrogens is 365 g/mol. The van der Waals surface area contributed by atoms with Crippen molar-refractivity contribution in [1.82, 2.24) is 14.9 Å². The van der Waals surface area contributed by atoms with Crippen molar-refractivity contribution in [1.29, 1.82) is 0 Å². The SMILES string of the molecule is CCN(CC)c1ccc(/C=N/n2c(-c3ccc(F)cc3)n[nH]c2=S)c(O)c1. The molecule has 0 spiro atoms. The van der Waals surface area contributed by atoms with Crippen molar-refractivity contribution in [2.75, 3.05) is 18.0 Å². The fourth-order valence-corrected chi connectivity index (χ4v) is 2.91. The number of halogens is 1. The number of nitrogens with zero attached hydrogens (tertiary/aromatic N) is 4. The number of aromatic nitrogens is 3. The molecule has 8 heteroatoms. The van der Waals surface area contributed by atoms with Gasteiger partial charge in [-0.1, -0.05) is 0 Å². The third-order valence-corrected chi connectivity index (χ3v) is 4.47. The lowest BCUT2D eigenvalue weighted by atomic mass is 10.2. The van der Waals surface area contributed by atoms with E-state index in [1.165, 1.54) is 23.0 Å². The van der Waals surface area contributed by atoms with Crippen molar-refractivity contribution in [3.8, 4) is 17.1 Å². The maximum absolute atomic E-state index is 13.1. The minimum Gasteiger partial charge on any atom is -0.507 e. The van der Waals surface area contributed by atoms with Crippen LogP contribution in [0.5, 0.6) is 5.75 Å². The maximum atomic E-state index is 13.1. The van der Waals surface area contributed by atoms with Gasteiger partial charge in [0.25, 0.3) is 0 Å². The zero-order valence-corrected chi connectivity index (χ0v) is 15.9. The number of anilines is 1. The lowest BCUT2D eigenvalue weighted by Gasteiger charge is -2.21. The van der Waals surface area contributed by atoms with Crippen molar-refractivity contribution in [3.05, 3.63) is 58.6 Å². The quantitative estimate of drug-likeness (QED) is 0.493. The van der Waals surface area contributed by atoms with E-state index in [0.717, 1.165) is 18.8 Å². The van der Waals surface area contributed by atoms with Crippen molar-refractivity contribution < 1.29 is 9.50 Å². The second kappa shape index (κ2) is 8.13. The van der Waals surface area contributed by atoms with E-state index in [4.69, 9.17) is 12.2 Å². The summed E-state index contributed by atoms with van der Waals surface area (Å²) in [6, 6.07) is 11.3. The first-order valence-corrected chi connectivity index (χ1v) is 9.00. The van der Waals surface area contributed by atoms with Crippen molar-refractivity contribution in [2.45, 2.75) is 13.8 Å². The van der Waals surface area contributed by atoms with Crippen LogP contribution in [0.3, 0.4) is 0 Å². The zero-order chi connectivity index (χ0) is 19.4. The van der Waals surface area contributed by atoms with Gasteiger partial charge in [-0.05, 0) is 62.5 Å². The van der Waals surface area contributed by atoms with Gasteiger partial charge in [0.15, 0.2) is 5.82 Å². The summed E-state index contributed by atoms with van der Waals surface area (Å²) in [6.07, 6.45) is 1.51. The van der Waals surface area contributed by atoms with Crippen LogP contribution in [-0.2, 0) is 0 Å². The number of hydrogen-bond acceptors (Lipinski definition) is 5. The number of phenols is 1. The molecule has 0 unspecified atom stereocenters. The van der Waals surface area contributed by atoms with Crippen LogP contribution in [-0.4, -0.2) is 39.3 Å². The van der Waals surface area contributed by atoms with Gasteiger partial charge in [-0.2, -0.15) is 14.9 Å². The highest BCUT2D eigenvalue weighted by Gasteiger charge is 2.09. The summed E-state index contributed by atoms with van der Waals surface area (Å²) >= 11 is 5.22. The first kappa shape index (κ1) is 18.8. The molecule has 2 N–H and O–H groups in total. The average Bonchev–Trinajstić information content (AvgIpc) is 3.03. The first-order chi connectivity index (χ1) is 13.0. The van der Waals surface area contributed by atoms with E-state index in [0.29, 0.717) is 21.7 Å². The largest absolute Gasteiger partial charge is 0.507 e. The Labute approximate surface area is 161 Å². The normalized spacial score (nSPS) is 11.2. The van der Waals surface area contributed by atoms with Crippen molar-refractivity contribution in [3.63, 3.8) is 0 Å². The molecule has 0 aliphatic carbocycles. The van der Waals surface area contributed by atoms with Gasteiger partial charge in [0.1, 0.15) is 11.6 Å². The summed E-state index contributed by atoms with van der Waals surface area (Å²) in [7, 11) is 0. The van der Waals surface area contributed by atoms with Crippen LogP contribution in [0, 0.1) is 10.6 Å². The van der Waals surface area contributed by atoms with Crippen molar-refractivity contribution in [2.24, 2.45) is 5.10 Å². The minimum absolute atomic E-state index is 0.126. The number of aromatic amines is 1. The third kappa shape index (κ3) is 4.06. The highest BCUT2D eigenvalue weighted by Crippen LogP contribution is 2.24. The monoisotopic (exact) mass is 385 g/mol. The fraction of sp³-hybridized carbons (Fsp3) is 0.211. The van der Waals surface area contributed by atoms with Gasteiger partial charge in [-0.15, -0.1) is 0 Å². The van der Waals surface area contributed by atoms with Crippen LogP contribution >= 0.6 is 12.2 Å². The van der Waals surface area contributed by atoms with Gasteiger partial charge in [0.05, 0.1) is 6.21 Å². The number of nitrogens with one attached hydrogen (secondary N) is 1. The van der Waals surface area contributed by atoms with Crippen LogP contribution in [0.2, 0.25) is 0 Å². The number of H-pyrrole nitrogens is 1. The molecule has 140 valence electrons. The summed E-state index contributed by atoms with van der Waals surface area (Å²) in [5.74, 6) is 0.248. The number of phenolic OH excluding ortho intramolecular Hbond substituents is 1. The number of rotatable bonds is 6. The summed E-state index contributed by atoms with van der Waals surface area (Å²) in [6.45, 7) is 5.84. The molecule has 1 heterocycles. The Hall–Kier alpha value is -3.00. The molecule has 6 nitrogen and oxygen atoms in total. The van der Waals surface area contributed by atoms with Crippen molar-refractivity contribution >= 4 is 24.1 Å². The molecule has 0 aliphatic heterocycles. The van der Waals surface area contributed by atoms with Gasteiger partial charge < -0.3 is 10.0 Å². The maximum Gasteiger partial charge on any atom is 0.216 e. The Morgan fingerprint density at radius 2 is 1.93 bits per heavy atom. The minimum atomic E-state index is -0.332. The van der Waals surface area contributed by atoms with E-state index in [1.807, 2.05) is 6.07 Å². The number of aromatic hydroxyl groups is 1. The second-order valence-corrected chi connectivity index (χ2v) is 6.22.